The van der Waals surface area contributed by atoms with E-state index in [1.807, 2.05) is 26.2 Å². The van der Waals surface area contributed by atoms with Crippen LogP contribution in [-0.2, 0) is 6.42 Å². The lowest BCUT2D eigenvalue weighted by Crippen LogP contribution is -2.15. The molecule has 16 heavy (non-hydrogen) atoms. The van der Waals surface area contributed by atoms with Gasteiger partial charge < -0.3 is 10.0 Å². The largest absolute Gasteiger partial charge is 0.388 e. The summed E-state index contributed by atoms with van der Waals surface area (Å²) in [6, 6.07) is 8.31. The molecular weight excluding hydrogens is 198 g/mol. The first-order valence-corrected chi connectivity index (χ1v) is 6.05. The second kappa shape index (κ2) is 6.66. The minimum Gasteiger partial charge on any atom is -0.388 e. The summed E-state index contributed by atoms with van der Waals surface area (Å²) in [5.74, 6) is 0. The molecule has 0 saturated heterocycles. The maximum absolute atomic E-state index is 10.0. The van der Waals surface area contributed by atoms with Crippen molar-refractivity contribution in [1.82, 2.24) is 4.90 Å². The van der Waals surface area contributed by atoms with Gasteiger partial charge in [-0.05, 0) is 38.1 Å². The van der Waals surface area contributed by atoms with Crippen LogP contribution >= 0.6 is 0 Å². The molecule has 1 atom stereocenters. The summed E-state index contributed by atoms with van der Waals surface area (Å²) in [6.45, 7) is 3.09. The van der Waals surface area contributed by atoms with Crippen LogP contribution in [0.3, 0.4) is 0 Å². The van der Waals surface area contributed by atoms with Crippen LogP contribution in [0.4, 0.5) is 0 Å². The first-order valence-electron chi connectivity index (χ1n) is 6.05. The number of nitrogens with zero attached hydrogens (tertiary/aromatic N) is 1. The lowest BCUT2D eigenvalue weighted by molar-refractivity contribution is 0.154. The third kappa shape index (κ3) is 4.33. The third-order valence-electron chi connectivity index (χ3n) is 2.72. The lowest BCUT2D eigenvalue weighted by atomic mass is 10.0. The fourth-order valence-corrected chi connectivity index (χ4v) is 1.79. The number of rotatable bonds is 6. The van der Waals surface area contributed by atoms with Crippen molar-refractivity contribution in [2.75, 3.05) is 20.6 Å². The Balaban J connectivity index is 2.60. The molecule has 2 nitrogen and oxygen atoms in total. The van der Waals surface area contributed by atoms with Crippen molar-refractivity contribution in [2.24, 2.45) is 0 Å². The van der Waals surface area contributed by atoms with Crippen molar-refractivity contribution in [2.45, 2.75) is 32.3 Å². The molecule has 0 aliphatic heterocycles. The topological polar surface area (TPSA) is 23.5 Å². The van der Waals surface area contributed by atoms with E-state index >= 15 is 0 Å². The highest BCUT2D eigenvalue weighted by Gasteiger charge is 2.08. The van der Waals surface area contributed by atoms with Gasteiger partial charge in [0.2, 0.25) is 0 Å². The van der Waals surface area contributed by atoms with Gasteiger partial charge in [-0.2, -0.15) is 0 Å². The number of aliphatic hydroxyl groups is 1. The number of benzene rings is 1. The molecule has 0 aliphatic carbocycles. The van der Waals surface area contributed by atoms with E-state index in [-0.39, 0.29) is 6.10 Å². The molecule has 0 saturated carbocycles. The van der Waals surface area contributed by atoms with Gasteiger partial charge in [0.05, 0.1) is 6.10 Å². The van der Waals surface area contributed by atoms with E-state index in [0.717, 1.165) is 31.4 Å². The van der Waals surface area contributed by atoms with Crippen molar-refractivity contribution >= 4 is 0 Å². The van der Waals surface area contributed by atoms with Crippen molar-refractivity contribution in [1.29, 1.82) is 0 Å². The maximum atomic E-state index is 10.0. The van der Waals surface area contributed by atoms with E-state index in [1.165, 1.54) is 5.56 Å². The van der Waals surface area contributed by atoms with Crippen LogP contribution in [0.5, 0.6) is 0 Å². The van der Waals surface area contributed by atoms with Gasteiger partial charge in [0.15, 0.2) is 0 Å². The summed E-state index contributed by atoms with van der Waals surface area (Å²) < 4.78 is 0. The summed E-state index contributed by atoms with van der Waals surface area (Å²) in [5.41, 5.74) is 2.37. The van der Waals surface area contributed by atoms with E-state index in [9.17, 15) is 5.11 Å². The maximum Gasteiger partial charge on any atom is 0.0802 e. The van der Waals surface area contributed by atoms with Crippen molar-refractivity contribution in [3.05, 3.63) is 35.4 Å². The highest BCUT2D eigenvalue weighted by molar-refractivity contribution is 5.25. The molecule has 1 rings (SSSR count). The lowest BCUT2D eigenvalue weighted by Gasteiger charge is -2.15. The first kappa shape index (κ1) is 13.2. The van der Waals surface area contributed by atoms with Crippen LogP contribution in [-0.4, -0.2) is 30.6 Å². The zero-order chi connectivity index (χ0) is 12.0. The van der Waals surface area contributed by atoms with Crippen LogP contribution < -0.4 is 0 Å². The Morgan fingerprint density at radius 3 is 2.69 bits per heavy atom. The van der Waals surface area contributed by atoms with Crippen LogP contribution in [0.15, 0.2) is 24.3 Å². The quantitative estimate of drug-likeness (QED) is 0.798. The van der Waals surface area contributed by atoms with Gasteiger partial charge in [0.1, 0.15) is 0 Å². The summed E-state index contributed by atoms with van der Waals surface area (Å²) in [6.07, 6.45) is 2.70. The average Bonchev–Trinajstić information content (AvgIpc) is 2.26. The Labute approximate surface area is 98.9 Å². The van der Waals surface area contributed by atoms with Crippen LogP contribution in [0.1, 0.15) is 37.0 Å². The minimum atomic E-state index is -0.334. The molecule has 0 radical (unpaired) electrons. The fraction of sp³-hybridized carbons (Fsp3) is 0.571. The van der Waals surface area contributed by atoms with E-state index in [1.54, 1.807) is 0 Å². The number of aryl methyl sites for hydroxylation is 1. The van der Waals surface area contributed by atoms with Gasteiger partial charge in [-0.25, -0.2) is 0 Å². The second-order valence-electron chi connectivity index (χ2n) is 4.60. The van der Waals surface area contributed by atoms with Gasteiger partial charge >= 0.3 is 0 Å². The molecule has 0 spiro atoms. The van der Waals surface area contributed by atoms with E-state index in [2.05, 4.69) is 24.0 Å². The van der Waals surface area contributed by atoms with Gasteiger partial charge in [-0.3, -0.25) is 0 Å². The van der Waals surface area contributed by atoms with Crippen molar-refractivity contribution in [3.63, 3.8) is 0 Å². The molecule has 0 aromatic heterocycles. The summed E-state index contributed by atoms with van der Waals surface area (Å²) in [7, 11) is 4.06. The van der Waals surface area contributed by atoms with Gasteiger partial charge in [-0.15, -0.1) is 0 Å². The van der Waals surface area contributed by atoms with Crippen LogP contribution in [0, 0.1) is 0 Å². The number of hydrogen-bond donors (Lipinski definition) is 1. The summed E-state index contributed by atoms with van der Waals surface area (Å²) >= 11 is 0. The van der Waals surface area contributed by atoms with Gasteiger partial charge in [0, 0.05) is 6.54 Å². The average molecular weight is 221 g/mol. The minimum absolute atomic E-state index is 0.334. The Hall–Kier alpha value is -0.860. The monoisotopic (exact) mass is 221 g/mol. The Kier molecular flexibility index (Phi) is 5.50. The molecule has 0 bridgehead atoms. The zero-order valence-electron chi connectivity index (χ0n) is 10.6. The smallest absolute Gasteiger partial charge is 0.0802 e. The predicted molar refractivity (Wildman–Crippen MR) is 68.6 cm³/mol. The molecule has 0 amide bonds. The Morgan fingerprint density at radius 1 is 1.31 bits per heavy atom. The van der Waals surface area contributed by atoms with E-state index in [4.69, 9.17) is 0 Å². The van der Waals surface area contributed by atoms with Crippen LogP contribution in [0.25, 0.3) is 0 Å². The summed E-state index contributed by atoms with van der Waals surface area (Å²) in [5, 5.41) is 10.0. The molecule has 1 unspecified atom stereocenters. The molecule has 1 N–H and O–H groups in total. The SMILES string of the molecule is CCCc1cccc(C(O)CCN(C)C)c1. The highest BCUT2D eigenvalue weighted by atomic mass is 16.3. The zero-order valence-corrected chi connectivity index (χ0v) is 10.6. The fourth-order valence-electron chi connectivity index (χ4n) is 1.79. The first-order chi connectivity index (χ1) is 7.63. The number of aliphatic hydroxyl groups excluding tert-OH is 1. The molecule has 0 fully saturated rings. The Bertz CT molecular complexity index is 309. The normalized spacial score (nSPS) is 13.1. The predicted octanol–water partition coefficient (Wildman–Crippen LogP) is 2.62. The summed E-state index contributed by atoms with van der Waals surface area (Å²) in [4.78, 5) is 2.10. The van der Waals surface area contributed by atoms with Crippen molar-refractivity contribution in [3.8, 4) is 0 Å². The molecule has 0 heterocycles. The van der Waals surface area contributed by atoms with Gasteiger partial charge in [-0.1, -0.05) is 37.6 Å². The van der Waals surface area contributed by atoms with Crippen LogP contribution in [0.2, 0.25) is 0 Å². The van der Waals surface area contributed by atoms with Gasteiger partial charge in [0.25, 0.3) is 0 Å². The molecule has 0 aliphatic rings. The number of hydrogen-bond acceptors (Lipinski definition) is 2. The molecule has 1 aromatic carbocycles. The van der Waals surface area contributed by atoms with E-state index in [0.29, 0.717) is 0 Å². The Morgan fingerprint density at radius 2 is 2.06 bits per heavy atom. The highest BCUT2D eigenvalue weighted by Crippen LogP contribution is 2.18. The molecule has 2 heteroatoms. The van der Waals surface area contributed by atoms with Crippen molar-refractivity contribution < 1.29 is 5.11 Å². The standard InChI is InChI=1S/C14H23NO/c1-4-6-12-7-5-8-13(11-12)14(16)9-10-15(2)3/h5,7-8,11,14,16H,4,6,9-10H2,1-3H3. The molecule has 1 aromatic rings. The molecule has 90 valence electrons. The van der Waals surface area contributed by atoms with E-state index < -0.39 is 0 Å². The third-order valence-corrected chi connectivity index (χ3v) is 2.72. The second-order valence-corrected chi connectivity index (χ2v) is 4.60. The molecular formula is C14H23NO.